The molecular weight excluding hydrogens is 194 g/mol. The summed E-state index contributed by atoms with van der Waals surface area (Å²) in [6.45, 7) is 3.63. The highest BCUT2D eigenvalue weighted by molar-refractivity contribution is 8.02. The van der Waals surface area contributed by atoms with Crippen LogP contribution in [0, 0.1) is 6.92 Å². The summed E-state index contributed by atoms with van der Waals surface area (Å²) >= 11 is 2.81. The van der Waals surface area contributed by atoms with Crippen LogP contribution >= 0.6 is 23.1 Å². The van der Waals surface area contributed by atoms with Crippen LogP contribution in [-0.2, 0) is 4.79 Å². The van der Waals surface area contributed by atoms with Gasteiger partial charge < -0.3 is 5.73 Å². The van der Waals surface area contributed by atoms with E-state index in [2.05, 4.69) is 10.2 Å². The highest BCUT2D eigenvalue weighted by atomic mass is 32.2. The molecule has 66 valence electrons. The van der Waals surface area contributed by atoms with Gasteiger partial charge in [-0.05, 0) is 13.8 Å². The quantitative estimate of drug-likeness (QED) is 0.738. The van der Waals surface area contributed by atoms with Gasteiger partial charge in [-0.15, -0.1) is 10.2 Å². The van der Waals surface area contributed by atoms with Crippen molar-refractivity contribution in [2.45, 2.75) is 23.4 Å². The molecule has 1 unspecified atom stereocenters. The predicted molar refractivity (Wildman–Crippen MR) is 49.2 cm³/mol. The Morgan fingerprint density at radius 2 is 2.33 bits per heavy atom. The summed E-state index contributed by atoms with van der Waals surface area (Å²) in [6, 6.07) is 0. The zero-order valence-corrected chi connectivity index (χ0v) is 8.41. The first kappa shape index (κ1) is 9.47. The molecule has 0 fully saturated rings. The summed E-state index contributed by atoms with van der Waals surface area (Å²) in [4.78, 5) is 10.7. The Morgan fingerprint density at radius 1 is 1.67 bits per heavy atom. The van der Waals surface area contributed by atoms with Crippen molar-refractivity contribution in [2.75, 3.05) is 0 Å². The molecule has 0 saturated carbocycles. The van der Waals surface area contributed by atoms with Crippen LogP contribution in [0.2, 0.25) is 0 Å². The van der Waals surface area contributed by atoms with Crippen molar-refractivity contribution in [1.82, 2.24) is 10.2 Å². The van der Waals surface area contributed by atoms with Gasteiger partial charge in [0.2, 0.25) is 5.91 Å². The largest absolute Gasteiger partial charge is 0.369 e. The summed E-state index contributed by atoms with van der Waals surface area (Å²) in [7, 11) is 0. The van der Waals surface area contributed by atoms with E-state index in [9.17, 15) is 4.79 Å². The molecule has 0 saturated heterocycles. The molecule has 1 amide bonds. The standard InChI is InChI=1S/C6H9N3OS2/c1-3(5(7)10)11-6-9-8-4(2)12-6/h3H,1-2H3,(H2,7,10). The lowest BCUT2D eigenvalue weighted by molar-refractivity contribution is -0.117. The molecule has 1 atom stereocenters. The molecular formula is C6H9N3OS2. The van der Waals surface area contributed by atoms with Crippen LogP contribution in [0.25, 0.3) is 0 Å². The van der Waals surface area contributed by atoms with E-state index >= 15 is 0 Å². The summed E-state index contributed by atoms with van der Waals surface area (Å²) in [5, 5.41) is 8.35. The number of aromatic nitrogens is 2. The fraction of sp³-hybridized carbons (Fsp3) is 0.500. The van der Waals surface area contributed by atoms with E-state index in [0.29, 0.717) is 0 Å². The van der Waals surface area contributed by atoms with Gasteiger partial charge in [-0.25, -0.2) is 0 Å². The maximum Gasteiger partial charge on any atom is 0.230 e. The zero-order valence-electron chi connectivity index (χ0n) is 6.77. The van der Waals surface area contributed by atoms with Crippen molar-refractivity contribution in [1.29, 1.82) is 0 Å². The Kier molecular flexibility index (Phi) is 3.05. The van der Waals surface area contributed by atoms with Crippen molar-refractivity contribution in [3.63, 3.8) is 0 Å². The molecule has 0 aromatic carbocycles. The fourth-order valence-electron chi connectivity index (χ4n) is 0.535. The fourth-order valence-corrected chi connectivity index (χ4v) is 2.45. The predicted octanol–water partition coefficient (Wildman–Crippen LogP) is 0.812. The van der Waals surface area contributed by atoms with Crippen LogP contribution in [0.4, 0.5) is 0 Å². The van der Waals surface area contributed by atoms with E-state index in [4.69, 9.17) is 5.73 Å². The first-order valence-electron chi connectivity index (χ1n) is 3.35. The van der Waals surface area contributed by atoms with Crippen LogP contribution < -0.4 is 5.73 Å². The second-order valence-corrected chi connectivity index (χ2v) is 5.02. The number of amides is 1. The van der Waals surface area contributed by atoms with Gasteiger partial charge in [-0.3, -0.25) is 4.79 Å². The minimum Gasteiger partial charge on any atom is -0.369 e. The molecule has 0 aliphatic carbocycles. The minimum absolute atomic E-state index is 0.239. The molecule has 12 heavy (non-hydrogen) atoms. The Hall–Kier alpha value is -0.620. The van der Waals surface area contributed by atoms with E-state index in [-0.39, 0.29) is 11.2 Å². The Bertz CT molecular complexity index is 286. The van der Waals surface area contributed by atoms with Crippen LogP contribution in [0.1, 0.15) is 11.9 Å². The van der Waals surface area contributed by atoms with E-state index in [1.807, 2.05) is 6.92 Å². The highest BCUT2D eigenvalue weighted by Gasteiger charge is 2.12. The average molecular weight is 203 g/mol. The molecule has 0 aliphatic rings. The van der Waals surface area contributed by atoms with Crippen LogP contribution in [0.3, 0.4) is 0 Å². The zero-order chi connectivity index (χ0) is 9.14. The first-order valence-corrected chi connectivity index (χ1v) is 5.05. The molecule has 1 rings (SSSR count). The van der Waals surface area contributed by atoms with E-state index in [0.717, 1.165) is 9.35 Å². The number of rotatable bonds is 3. The van der Waals surface area contributed by atoms with Gasteiger partial charge >= 0.3 is 0 Å². The van der Waals surface area contributed by atoms with Gasteiger partial charge in [0.25, 0.3) is 0 Å². The number of nitrogens with two attached hydrogens (primary N) is 1. The molecule has 1 aromatic rings. The molecule has 6 heteroatoms. The molecule has 2 N–H and O–H groups in total. The normalized spacial score (nSPS) is 12.8. The number of primary amides is 1. The third kappa shape index (κ3) is 2.46. The average Bonchev–Trinajstić information content (AvgIpc) is 2.35. The lowest BCUT2D eigenvalue weighted by atomic mass is 10.5. The molecule has 0 radical (unpaired) electrons. The van der Waals surface area contributed by atoms with Gasteiger partial charge in [0, 0.05) is 0 Å². The molecule has 0 bridgehead atoms. The summed E-state index contributed by atoms with van der Waals surface area (Å²) in [6.07, 6.45) is 0. The van der Waals surface area contributed by atoms with E-state index in [1.165, 1.54) is 23.1 Å². The molecule has 1 aromatic heterocycles. The maximum absolute atomic E-state index is 10.7. The lowest BCUT2D eigenvalue weighted by Crippen LogP contribution is -2.22. The van der Waals surface area contributed by atoms with Crippen molar-refractivity contribution in [3.05, 3.63) is 5.01 Å². The van der Waals surface area contributed by atoms with Gasteiger partial charge in [0.1, 0.15) is 5.01 Å². The maximum atomic E-state index is 10.7. The lowest BCUT2D eigenvalue weighted by Gasteiger charge is -2.01. The third-order valence-electron chi connectivity index (χ3n) is 1.19. The van der Waals surface area contributed by atoms with E-state index in [1.54, 1.807) is 6.92 Å². The van der Waals surface area contributed by atoms with Crippen molar-refractivity contribution in [2.24, 2.45) is 5.73 Å². The number of carbonyl (C=O) groups is 1. The number of hydrogen-bond donors (Lipinski definition) is 1. The minimum atomic E-state index is -0.326. The monoisotopic (exact) mass is 203 g/mol. The number of nitrogens with zero attached hydrogens (tertiary/aromatic N) is 2. The smallest absolute Gasteiger partial charge is 0.230 e. The van der Waals surface area contributed by atoms with Gasteiger partial charge in [-0.2, -0.15) is 0 Å². The molecule has 4 nitrogen and oxygen atoms in total. The number of hydrogen-bond acceptors (Lipinski definition) is 5. The molecule has 0 spiro atoms. The Balaban J connectivity index is 2.58. The summed E-state index contributed by atoms with van der Waals surface area (Å²) < 4.78 is 0.791. The molecule has 1 heterocycles. The first-order chi connectivity index (χ1) is 5.59. The van der Waals surface area contributed by atoms with Crippen molar-refractivity contribution >= 4 is 29.0 Å². The second-order valence-electron chi connectivity index (χ2n) is 2.25. The number of thioether (sulfide) groups is 1. The molecule has 0 aliphatic heterocycles. The van der Waals surface area contributed by atoms with Crippen LogP contribution in [0.5, 0.6) is 0 Å². The second kappa shape index (κ2) is 3.86. The topological polar surface area (TPSA) is 68.9 Å². The van der Waals surface area contributed by atoms with Gasteiger partial charge in [-0.1, -0.05) is 23.1 Å². The van der Waals surface area contributed by atoms with E-state index < -0.39 is 0 Å². The highest BCUT2D eigenvalue weighted by Crippen LogP contribution is 2.25. The van der Waals surface area contributed by atoms with Crippen LogP contribution in [0.15, 0.2) is 4.34 Å². The Morgan fingerprint density at radius 3 is 2.75 bits per heavy atom. The Labute approximate surface area is 78.6 Å². The van der Waals surface area contributed by atoms with Crippen LogP contribution in [-0.4, -0.2) is 21.4 Å². The third-order valence-corrected chi connectivity index (χ3v) is 3.23. The number of carbonyl (C=O) groups excluding carboxylic acids is 1. The van der Waals surface area contributed by atoms with Crippen molar-refractivity contribution < 1.29 is 4.79 Å². The van der Waals surface area contributed by atoms with Gasteiger partial charge in [0.15, 0.2) is 4.34 Å². The van der Waals surface area contributed by atoms with Crippen molar-refractivity contribution in [3.8, 4) is 0 Å². The summed E-state index contributed by atoms with van der Waals surface area (Å²) in [5.41, 5.74) is 5.09. The number of aryl methyl sites for hydroxylation is 1. The summed E-state index contributed by atoms with van der Waals surface area (Å²) in [5.74, 6) is -0.326. The van der Waals surface area contributed by atoms with Gasteiger partial charge in [0.05, 0.1) is 5.25 Å². The SMILES string of the molecule is Cc1nnc(SC(C)C(N)=O)s1.